The van der Waals surface area contributed by atoms with Crippen molar-refractivity contribution in [3.63, 3.8) is 0 Å². The van der Waals surface area contributed by atoms with Crippen LogP contribution in [0, 0.1) is 28.4 Å². The molecule has 0 fully saturated rings. The Balaban J connectivity index is 2.29. The van der Waals surface area contributed by atoms with Gasteiger partial charge in [-0.15, -0.1) is 6.42 Å². The molecule has 2 rings (SSSR count). The molecule has 284 valence electrons. The number of nitrogens with one attached hydrogen (secondary N) is 6. The minimum Gasteiger partial charge on any atom is -0.465 e. The first kappa shape index (κ1) is 42.1. The van der Waals surface area contributed by atoms with E-state index in [4.69, 9.17) is 21.6 Å². The second-order valence-corrected chi connectivity index (χ2v) is 11.1. The number of carboxylic acid groups (broad SMARTS) is 1. The molecular weight excluding hydrogens is 704 g/mol. The number of terminal acetylenes is 1. The monoisotopic (exact) mass is 742 g/mol. The van der Waals surface area contributed by atoms with E-state index in [1.54, 1.807) is 13.8 Å². The molecule has 0 radical (unpaired) electrons. The Morgan fingerprint density at radius 3 is 2.26 bits per heavy atom. The van der Waals surface area contributed by atoms with Gasteiger partial charge in [-0.25, -0.2) is 19.2 Å². The summed E-state index contributed by atoms with van der Waals surface area (Å²) in [6.45, 7) is 1.82. The lowest BCUT2D eigenvalue weighted by molar-refractivity contribution is -0.384. The van der Waals surface area contributed by atoms with Crippen molar-refractivity contribution in [3.8, 4) is 18.1 Å². The number of ether oxygens (including phenoxy) is 3. The summed E-state index contributed by atoms with van der Waals surface area (Å²) in [5, 5.41) is 34.3. The number of nitrogens with two attached hydrogens (primary N) is 1. The number of carbonyl (C=O) groups is 7. The fourth-order valence-corrected chi connectivity index (χ4v) is 4.25. The maximum atomic E-state index is 13.5. The van der Waals surface area contributed by atoms with E-state index in [0.717, 1.165) is 12.1 Å². The number of nitrogens with zero attached hydrogens (tertiary/aromatic N) is 1. The highest BCUT2D eigenvalue weighted by Crippen LogP contribution is 2.24. The summed E-state index contributed by atoms with van der Waals surface area (Å²) in [6.07, 6.45) is 1.55. The quantitative estimate of drug-likeness (QED) is 0.0270. The van der Waals surface area contributed by atoms with Crippen molar-refractivity contribution in [1.29, 1.82) is 0 Å². The van der Waals surface area contributed by atoms with Crippen molar-refractivity contribution < 1.29 is 57.8 Å². The summed E-state index contributed by atoms with van der Waals surface area (Å²) in [7, 11) is 0. The lowest BCUT2D eigenvalue weighted by Gasteiger charge is -2.24. The van der Waals surface area contributed by atoms with Gasteiger partial charge in [-0.2, -0.15) is 0 Å². The molecule has 7 amide bonds. The van der Waals surface area contributed by atoms with Crippen LogP contribution in [0.15, 0.2) is 42.5 Å². The number of anilines is 2. The molecule has 0 aliphatic rings. The Hall–Kier alpha value is -7.11. The fourth-order valence-electron chi connectivity index (χ4n) is 4.25. The van der Waals surface area contributed by atoms with Crippen molar-refractivity contribution in [1.82, 2.24) is 21.3 Å². The number of rotatable bonds is 18. The molecule has 0 aliphatic heterocycles. The van der Waals surface area contributed by atoms with E-state index >= 15 is 0 Å². The molecule has 21 nitrogen and oxygen atoms in total. The molecule has 0 aliphatic carbocycles. The van der Waals surface area contributed by atoms with E-state index in [1.807, 2.05) is 0 Å². The second-order valence-electron chi connectivity index (χ2n) is 11.1. The van der Waals surface area contributed by atoms with Crippen LogP contribution in [0.4, 0.5) is 36.2 Å². The highest BCUT2D eigenvalue weighted by atomic mass is 16.7. The van der Waals surface area contributed by atoms with E-state index in [9.17, 15) is 48.8 Å². The molecule has 0 heterocycles. The number of benzene rings is 2. The number of hydrogen-bond acceptors (Lipinski definition) is 12. The largest absolute Gasteiger partial charge is 0.514 e. The molecule has 0 bridgehead atoms. The lowest BCUT2D eigenvalue weighted by Crippen LogP contribution is -2.54. The van der Waals surface area contributed by atoms with Crippen LogP contribution in [-0.2, 0) is 30.5 Å². The van der Waals surface area contributed by atoms with Crippen molar-refractivity contribution in [2.45, 2.75) is 45.4 Å². The highest BCUT2D eigenvalue weighted by molar-refractivity contribution is 6.00. The SMILES string of the molecule is C#CCOC(=O)NCC(=O)Nc1cc(NC(=O)[C@H](CCCNC(N)=O)NC(=O)[C@@H](NC(=O)O)C(C)C)ccc1COC(=O)Oc1ccc([N+](=O)[O-])cc1. The number of hydrogen-bond donors (Lipinski definition) is 8. The van der Waals surface area contributed by atoms with Gasteiger partial charge in [0, 0.05) is 35.6 Å². The van der Waals surface area contributed by atoms with Crippen molar-refractivity contribution >= 4 is 59.2 Å². The fraction of sp³-hybridized carbons (Fsp3) is 0.344. The van der Waals surface area contributed by atoms with Crippen LogP contribution in [0.1, 0.15) is 32.3 Å². The average Bonchev–Trinajstić information content (AvgIpc) is 3.09. The lowest BCUT2D eigenvalue weighted by atomic mass is 10.0. The molecule has 21 heteroatoms. The summed E-state index contributed by atoms with van der Waals surface area (Å²) in [6, 6.07) is 5.35. The van der Waals surface area contributed by atoms with Gasteiger partial charge in [0.25, 0.3) is 5.69 Å². The van der Waals surface area contributed by atoms with Gasteiger partial charge in [-0.3, -0.25) is 24.5 Å². The van der Waals surface area contributed by atoms with Crippen LogP contribution >= 0.6 is 0 Å². The molecule has 2 aromatic rings. The van der Waals surface area contributed by atoms with Gasteiger partial charge in [0.2, 0.25) is 17.7 Å². The number of nitro benzene ring substituents is 1. The Labute approximate surface area is 301 Å². The smallest absolute Gasteiger partial charge is 0.465 e. The first-order valence-electron chi connectivity index (χ1n) is 15.6. The van der Waals surface area contributed by atoms with Crippen LogP contribution < -0.4 is 42.4 Å². The van der Waals surface area contributed by atoms with Crippen molar-refractivity contribution in [2.75, 3.05) is 30.3 Å². The summed E-state index contributed by atoms with van der Waals surface area (Å²) in [5.41, 5.74) is 5.09. The van der Waals surface area contributed by atoms with Crippen LogP contribution in [0.25, 0.3) is 0 Å². The summed E-state index contributed by atoms with van der Waals surface area (Å²) in [5.74, 6) is -0.795. The zero-order chi connectivity index (χ0) is 39.5. The van der Waals surface area contributed by atoms with E-state index < -0.39 is 78.2 Å². The van der Waals surface area contributed by atoms with E-state index in [-0.39, 0.29) is 54.4 Å². The topological polar surface area (TPSA) is 309 Å². The number of non-ortho nitro benzene ring substituents is 1. The third-order valence-electron chi connectivity index (χ3n) is 6.76. The van der Waals surface area contributed by atoms with Gasteiger partial charge >= 0.3 is 24.4 Å². The molecule has 0 aromatic heterocycles. The molecule has 0 unspecified atom stereocenters. The van der Waals surface area contributed by atoms with Crippen LogP contribution in [0.5, 0.6) is 5.75 Å². The maximum Gasteiger partial charge on any atom is 0.514 e. The Kier molecular flexibility index (Phi) is 16.8. The first-order chi connectivity index (χ1) is 25.1. The third kappa shape index (κ3) is 15.5. The minimum absolute atomic E-state index is 0.00787. The van der Waals surface area contributed by atoms with Gasteiger partial charge in [-0.05, 0) is 43.0 Å². The number of alkyl carbamates (subject to hydrolysis) is 1. The normalized spacial score (nSPS) is 11.4. The number of carbonyl (C=O) groups excluding carboxylic acids is 6. The first-order valence-corrected chi connectivity index (χ1v) is 15.6. The zero-order valence-electron chi connectivity index (χ0n) is 28.5. The molecule has 2 atom stereocenters. The summed E-state index contributed by atoms with van der Waals surface area (Å²) in [4.78, 5) is 95.9. The van der Waals surface area contributed by atoms with Crippen LogP contribution in [0.2, 0.25) is 0 Å². The van der Waals surface area contributed by atoms with Crippen molar-refractivity contribution in [3.05, 3.63) is 58.1 Å². The highest BCUT2D eigenvalue weighted by Gasteiger charge is 2.29. The van der Waals surface area contributed by atoms with Crippen LogP contribution in [-0.4, -0.2) is 83.9 Å². The minimum atomic E-state index is -1.46. The molecular formula is C32H38N8O13. The van der Waals surface area contributed by atoms with E-state index in [0.29, 0.717) is 0 Å². The molecule has 2 aromatic carbocycles. The number of amides is 7. The van der Waals surface area contributed by atoms with Crippen LogP contribution in [0.3, 0.4) is 0 Å². The summed E-state index contributed by atoms with van der Waals surface area (Å²) < 4.78 is 14.8. The molecule has 9 N–H and O–H groups in total. The molecule has 0 saturated carbocycles. The number of urea groups is 1. The predicted octanol–water partition coefficient (Wildman–Crippen LogP) is 1.77. The van der Waals surface area contributed by atoms with Gasteiger partial charge in [0.05, 0.1) is 4.92 Å². The Bertz CT molecular complexity index is 1710. The van der Waals surface area contributed by atoms with Gasteiger partial charge in [0.15, 0.2) is 6.61 Å². The Morgan fingerprint density at radius 1 is 0.962 bits per heavy atom. The molecule has 0 spiro atoms. The average molecular weight is 743 g/mol. The summed E-state index contributed by atoms with van der Waals surface area (Å²) >= 11 is 0. The van der Waals surface area contributed by atoms with Gasteiger partial charge in [0.1, 0.15) is 31.0 Å². The van der Waals surface area contributed by atoms with E-state index in [1.165, 1.54) is 30.3 Å². The Morgan fingerprint density at radius 2 is 1.66 bits per heavy atom. The van der Waals surface area contributed by atoms with E-state index in [2.05, 4.69) is 42.6 Å². The zero-order valence-corrected chi connectivity index (χ0v) is 28.5. The number of primary amides is 1. The predicted molar refractivity (Wildman–Crippen MR) is 184 cm³/mol. The van der Waals surface area contributed by atoms with Crippen molar-refractivity contribution in [2.24, 2.45) is 11.7 Å². The molecule has 0 saturated heterocycles. The molecule has 53 heavy (non-hydrogen) atoms. The number of nitro groups is 1. The van der Waals surface area contributed by atoms with Gasteiger partial charge in [-0.1, -0.05) is 25.8 Å². The maximum absolute atomic E-state index is 13.5. The standard InChI is InChI=1S/C32H38N8O13/c1-4-14-51-31(47)35-16-25(41)37-24-15-20(8-7-19(24)17-52-32(48)53-22-11-9-21(10-12-22)40(49)50)36-27(42)23(6-5-13-34-29(33)44)38-28(43)26(18(2)3)39-30(45)46/h1,7-12,15,18,23,26,39H,5-6,13-14,16-17H2,2-3H3,(H,35,47)(H,36,42)(H,37,41)(H,38,43)(H,45,46)(H3,33,34,44)/t23-,26-/m0/s1. The third-order valence-corrected chi connectivity index (χ3v) is 6.76. The second kappa shape index (κ2) is 21.2. The van der Waals surface area contributed by atoms with Gasteiger partial charge < -0.3 is 57.0 Å².